The molecule has 0 aromatic heterocycles. The maximum Gasteiger partial charge on any atom is 0.147 e. The first-order valence-corrected chi connectivity index (χ1v) is 6.40. The maximum absolute atomic E-state index is 12.0. The molecule has 0 saturated heterocycles. The Morgan fingerprint density at radius 1 is 1.17 bits per heavy atom. The summed E-state index contributed by atoms with van der Waals surface area (Å²) in [5.41, 5.74) is 9.68. The van der Waals surface area contributed by atoms with Crippen molar-refractivity contribution in [2.24, 2.45) is 5.73 Å². The predicted molar refractivity (Wildman–Crippen MR) is 70.4 cm³/mol. The molecule has 1 saturated carbocycles. The molecule has 0 spiro atoms. The number of carbonyl (C=O) groups is 2. The molecule has 0 bridgehead atoms. The molecular formula is C15H19NO2. The van der Waals surface area contributed by atoms with Gasteiger partial charge in [-0.2, -0.15) is 0 Å². The number of ketones is 2. The minimum absolute atomic E-state index is 0.0490. The monoisotopic (exact) mass is 245 g/mol. The fraction of sp³-hybridized carbons (Fsp3) is 0.467. The van der Waals surface area contributed by atoms with Gasteiger partial charge in [0.15, 0.2) is 0 Å². The number of rotatable bonds is 2. The molecule has 0 radical (unpaired) electrons. The second kappa shape index (κ2) is 5.02. The van der Waals surface area contributed by atoms with Crippen LogP contribution in [-0.4, -0.2) is 11.6 Å². The van der Waals surface area contributed by atoms with Crippen LogP contribution in [0.25, 0.3) is 0 Å². The fourth-order valence-corrected chi connectivity index (χ4v) is 2.88. The first-order valence-electron chi connectivity index (χ1n) is 6.40. The Morgan fingerprint density at radius 3 is 2.33 bits per heavy atom. The van der Waals surface area contributed by atoms with Gasteiger partial charge in [0.25, 0.3) is 0 Å². The summed E-state index contributed by atoms with van der Waals surface area (Å²) in [7, 11) is 0. The van der Waals surface area contributed by atoms with Gasteiger partial charge in [0, 0.05) is 19.4 Å². The standard InChI is InChI=1S/C15H19NO2/c1-9-6-10(2)14(11(7-9)8-16)15-12(17)4-3-5-13(15)18/h6-7,15H,3-5,8,16H2,1-2H3. The smallest absolute Gasteiger partial charge is 0.147 e. The second-order valence-electron chi connectivity index (χ2n) is 5.08. The van der Waals surface area contributed by atoms with Crippen LogP contribution in [0.5, 0.6) is 0 Å². The van der Waals surface area contributed by atoms with E-state index >= 15 is 0 Å². The molecule has 0 unspecified atom stereocenters. The summed E-state index contributed by atoms with van der Waals surface area (Å²) in [4.78, 5) is 24.1. The first kappa shape index (κ1) is 13.0. The summed E-state index contributed by atoms with van der Waals surface area (Å²) in [6.45, 7) is 4.33. The highest BCUT2D eigenvalue weighted by Gasteiger charge is 2.33. The van der Waals surface area contributed by atoms with Gasteiger partial charge in [-0.05, 0) is 37.0 Å². The summed E-state index contributed by atoms with van der Waals surface area (Å²) in [5.74, 6) is -0.473. The van der Waals surface area contributed by atoms with Gasteiger partial charge in [-0.3, -0.25) is 9.59 Å². The van der Waals surface area contributed by atoms with Crippen LogP contribution in [0, 0.1) is 13.8 Å². The van der Waals surface area contributed by atoms with E-state index in [-0.39, 0.29) is 11.6 Å². The minimum Gasteiger partial charge on any atom is -0.326 e. The molecule has 0 aliphatic heterocycles. The highest BCUT2D eigenvalue weighted by molar-refractivity contribution is 6.09. The van der Waals surface area contributed by atoms with Gasteiger partial charge in [0.2, 0.25) is 0 Å². The van der Waals surface area contributed by atoms with Crippen LogP contribution >= 0.6 is 0 Å². The molecule has 0 atom stereocenters. The highest BCUT2D eigenvalue weighted by Crippen LogP contribution is 2.32. The first-order chi connectivity index (χ1) is 8.54. The topological polar surface area (TPSA) is 60.2 Å². The largest absolute Gasteiger partial charge is 0.326 e. The Kier molecular flexibility index (Phi) is 3.62. The second-order valence-corrected chi connectivity index (χ2v) is 5.08. The number of Topliss-reactive ketones (excluding diaryl/α,β-unsaturated/α-hetero) is 2. The molecule has 18 heavy (non-hydrogen) atoms. The number of benzene rings is 1. The van der Waals surface area contributed by atoms with Crippen molar-refractivity contribution in [1.82, 2.24) is 0 Å². The quantitative estimate of drug-likeness (QED) is 0.812. The van der Waals surface area contributed by atoms with Crippen molar-refractivity contribution in [2.75, 3.05) is 0 Å². The van der Waals surface area contributed by atoms with E-state index in [0.29, 0.717) is 25.8 Å². The van der Waals surface area contributed by atoms with Crippen LogP contribution in [0.1, 0.15) is 47.4 Å². The molecule has 3 heteroatoms. The maximum atomic E-state index is 12.0. The number of nitrogens with two attached hydrogens (primary N) is 1. The van der Waals surface area contributed by atoms with Gasteiger partial charge in [-0.25, -0.2) is 0 Å². The molecular weight excluding hydrogens is 226 g/mol. The van der Waals surface area contributed by atoms with Crippen LogP contribution in [0.2, 0.25) is 0 Å². The van der Waals surface area contributed by atoms with E-state index in [9.17, 15) is 9.59 Å². The molecule has 2 N–H and O–H groups in total. The third kappa shape index (κ3) is 2.23. The van der Waals surface area contributed by atoms with Gasteiger partial charge >= 0.3 is 0 Å². The Hall–Kier alpha value is -1.48. The van der Waals surface area contributed by atoms with Crippen molar-refractivity contribution < 1.29 is 9.59 Å². The molecule has 3 nitrogen and oxygen atoms in total. The normalized spacial score (nSPS) is 17.3. The number of aryl methyl sites for hydroxylation is 2. The number of hydrogen-bond acceptors (Lipinski definition) is 3. The lowest BCUT2D eigenvalue weighted by molar-refractivity contribution is -0.131. The molecule has 0 amide bonds. The van der Waals surface area contributed by atoms with Crippen LogP contribution in [0.15, 0.2) is 12.1 Å². The third-order valence-corrected chi connectivity index (χ3v) is 3.62. The van der Waals surface area contributed by atoms with Gasteiger partial charge in [0.1, 0.15) is 17.5 Å². The van der Waals surface area contributed by atoms with Crippen LogP contribution in [0.3, 0.4) is 0 Å². The fourth-order valence-electron chi connectivity index (χ4n) is 2.88. The van der Waals surface area contributed by atoms with E-state index in [4.69, 9.17) is 5.73 Å². The number of carbonyl (C=O) groups excluding carboxylic acids is 2. The molecule has 1 aromatic carbocycles. The average Bonchev–Trinajstić information content (AvgIpc) is 2.30. The minimum atomic E-state index is -0.571. The van der Waals surface area contributed by atoms with Crippen LogP contribution in [-0.2, 0) is 16.1 Å². The third-order valence-electron chi connectivity index (χ3n) is 3.62. The summed E-state index contributed by atoms with van der Waals surface area (Å²) in [6, 6.07) is 4.00. The average molecular weight is 245 g/mol. The van der Waals surface area contributed by atoms with Gasteiger partial charge in [-0.1, -0.05) is 17.7 Å². The highest BCUT2D eigenvalue weighted by atomic mass is 16.2. The van der Waals surface area contributed by atoms with E-state index in [2.05, 4.69) is 0 Å². The zero-order chi connectivity index (χ0) is 13.3. The zero-order valence-corrected chi connectivity index (χ0v) is 11.0. The van der Waals surface area contributed by atoms with E-state index < -0.39 is 5.92 Å². The van der Waals surface area contributed by atoms with E-state index in [0.717, 1.165) is 22.3 Å². The predicted octanol–water partition coefficient (Wildman–Crippen LogP) is 2.17. The lowest BCUT2D eigenvalue weighted by Gasteiger charge is -2.24. The summed E-state index contributed by atoms with van der Waals surface area (Å²) in [6.07, 6.45) is 1.71. The molecule has 1 aromatic rings. The molecule has 96 valence electrons. The van der Waals surface area contributed by atoms with E-state index in [1.54, 1.807) is 0 Å². The van der Waals surface area contributed by atoms with Crippen molar-refractivity contribution >= 4 is 11.6 Å². The van der Waals surface area contributed by atoms with Crippen molar-refractivity contribution in [3.8, 4) is 0 Å². The summed E-state index contributed by atoms with van der Waals surface area (Å²) < 4.78 is 0. The van der Waals surface area contributed by atoms with Crippen LogP contribution < -0.4 is 5.73 Å². The zero-order valence-electron chi connectivity index (χ0n) is 11.0. The van der Waals surface area contributed by atoms with E-state index in [1.807, 2.05) is 26.0 Å². The lowest BCUT2D eigenvalue weighted by atomic mass is 9.78. The SMILES string of the molecule is Cc1cc(C)c(C2C(=O)CCCC2=O)c(CN)c1. The van der Waals surface area contributed by atoms with Gasteiger partial charge in [0.05, 0.1) is 0 Å². The van der Waals surface area contributed by atoms with Crippen LogP contribution in [0.4, 0.5) is 0 Å². The molecule has 1 aliphatic carbocycles. The van der Waals surface area contributed by atoms with Crippen molar-refractivity contribution in [3.05, 3.63) is 34.4 Å². The summed E-state index contributed by atoms with van der Waals surface area (Å²) in [5, 5.41) is 0. The molecule has 1 aliphatic rings. The lowest BCUT2D eigenvalue weighted by Crippen LogP contribution is -2.28. The number of hydrogen-bond donors (Lipinski definition) is 1. The van der Waals surface area contributed by atoms with Crippen molar-refractivity contribution in [3.63, 3.8) is 0 Å². The van der Waals surface area contributed by atoms with Crippen molar-refractivity contribution in [2.45, 2.75) is 45.6 Å². The summed E-state index contributed by atoms with van der Waals surface area (Å²) >= 11 is 0. The Balaban J connectivity index is 2.55. The molecule has 0 heterocycles. The Labute approximate surface area is 107 Å². The van der Waals surface area contributed by atoms with Gasteiger partial charge < -0.3 is 5.73 Å². The molecule has 1 fully saturated rings. The van der Waals surface area contributed by atoms with Crippen molar-refractivity contribution in [1.29, 1.82) is 0 Å². The Bertz CT molecular complexity index is 489. The molecule has 2 rings (SSSR count). The van der Waals surface area contributed by atoms with E-state index in [1.165, 1.54) is 0 Å². The Morgan fingerprint density at radius 2 is 1.78 bits per heavy atom. The van der Waals surface area contributed by atoms with Gasteiger partial charge in [-0.15, -0.1) is 0 Å².